The number of thioether (sulfide) groups is 1. The molecule has 1 atom stereocenters. The van der Waals surface area contributed by atoms with E-state index in [0.717, 1.165) is 37.1 Å². The highest BCUT2D eigenvalue weighted by Crippen LogP contribution is 2.44. The summed E-state index contributed by atoms with van der Waals surface area (Å²) in [5, 5.41) is 12.7. The Balaban J connectivity index is 1.50. The van der Waals surface area contributed by atoms with Gasteiger partial charge in [0, 0.05) is 5.56 Å². The number of para-hydroxylation sites is 1. The number of anilines is 1. The second kappa shape index (κ2) is 7.96. The predicted octanol–water partition coefficient (Wildman–Crippen LogP) is 4.96. The van der Waals surface area contributed by atoms with Crippen molar-refractivity contribution >= 4 is 35.0 Å². The number of nitrogens with zero attached hydrogens (tertiary/aromatic N) is 3. The highest BCUT2D eigenvalue weighted by Gasteiger charge is 2.49. The first-order valence-electron chi connectivity index (χ1n) is 10.2. The van der Waals surface area contributed by atoms with Crippen LogP contribution in [0.4, 0.5) is 5.69 Å². The quantitative estimate of drug-likeness (QED) is 0.603. The van der Waals surface area contributed by atoms with Gasteiger partial charge in [-0.1, -0.05) is 85.1 Å². The fraction of sp³-hybridized carbons (Fsp3) is 0.318. The molecule has 1 fully saturated rings. The highest BCUT2D eigenvalue weighted by molar-refractivity contribution is 8.00. The van der Waals surface area contributed by atoms with Gasteiger partial charge in [-0.2, -0.15) is 0 Å². The summed E-state index contributed by atoms with van der Waals surface area (Å²) in [7, 11) is 0. The average molecular weight is 440 g/mol. The van der Waals surface area contributed by atoms with Crippen LogP contribution in [-0.2, 0) is 4.79 Å². The third kappa shape index (κ3) is 3.46. The Morgan fingerprint density at radius 2 is 1.80 bits per heavy atom. The van der Waals surface area contributed by atoms with Crippen molar-refractivity contribution in [3.8, 4) is 11.4 Å². The summed E-state index contributed by atoms with van der Waals surface area (Å²) >= 11 is 7.76. The first-order chi connectivity index (χ1) is 14.7. The van der Waals surface area contributed by atoms with Crippen LogP contribution in [0, 0.1) is 0 Å². The van der Waals surface area contributed by atoms with Crippen molar-refractivity contribution in [3.63, 3.8) is 0 Å². The molecular formula is C22H22ClN5OS. The van der Waals surface area contributed by atoms with Gasteiger partial charge in [0.25, 0.3) is 0 Å². The molecule has 1 amide bonds. The fourth-order valence-electron chi connectivity index (χ4n) is 4.34. The van der Waals surface area contributed by atoms with Crippen molar-refractivity contribution < 1.29 is 4.79 Å². The van der Waals surface area contributed by atoms with E-state index in [4.69, 9.17) is 11.6 Å². The number of fused-ring (bicyclic) bond motifs is 1. The number of hydrogen-bond donors (Lipinski definition) is 2. The van der Waals surface area contributed by atoms with Gasteiger partial charge in [0.1, 0.15) is 5.25 Å². The molecule has 2 aliphatic rings. The number of nitrogens with one attached hydrogen (secondary N) is 2. The maximum absolute atomic E-state index is 13.4. The third-order valence-corrected chi connectivity index (χ3v) is 7.55. The number of rotatable bonds is 3. The molecule has 1 aromatic heterocycles. The number of carbonyl (C=O) groups excluding carboxylic acids is 1. The Labute approximate surface area is 184 Å². The van der Waals surface area contributed by atoms with Gasteiger partial charge < -0.3 is 10.7 Å². The molecule has 1 saturated carbocycles. The van der Waals surface area contributed by atoms with Gasteiger partial charge in [0.2, 0.25) is 11.1 Å². The van der Waals surface area contributed by atoms with Crippen molar-refractivity contribution in [1.82, 2.24) is 14.9 Å². The van der Waals surface area contributed by atoms with Crippen LogP contribution in [0.3, 0.4) is 0 Å². The van der Waals surface area contributed by atoms with Gasteiger partial charge >= 0.3 is 0 Å². The molecule has 1 aliphatic heterocycles. The van der Waals surface area contributed by atoms with Crippen molar-refractivity contribution in [2.75, 3.05) is 10.7 Å². The lowest BCUT2D eigenvalue weighted by atomic mass is 9.79. The molecular weight excluding hydrogens is 418 g/mol. The Bertz CT molecular complexity index is 1060. The van der Waals surface area contributed by atoms with E-state index in [1.807, 2.05) is 53.2 Å². The fourth-order valence-corrected chi connectivity index (χ4v) is 5.74. The maximum Gasteiger partial charge on any atom is 0.240 e. The molecule has 2 N–H and O–H groups in total. The minimum absolute atomic E-state index is 0.0574. The number of aromatic nitrogens is 3. The zero-order valence-corrected chi connectivity index (χ0v) is 17.9. The van der Waals surface area contributed by atoms with E-state index in [0.29, 0.717) is 15.9 Å². The van der Waals surface area contributed by atoms with Gasteiger partial charge in [0.15, 0.2) is 5.82 Å². The van der Waals surface area contributed by atoms with E-state index in [2.05, 4.69) is 20.9 Å². The predicted molar refractivity (Wildman–Crippen MR) is 120 cm³/mol. The molecule has 6 nitrogen and oxygen atoms in total. The van der Waals surface area contributed by atoms with Crippen LogP contribution in [0.15, 0.2) is 59.8 Å². The Kier molecular flexibility index (Phi) is 5.16. The molecule has 30 heavy (non-hydrogen) atoms. The van der Waals surface area contributed by atoms with Crippen LogP contribution in [0.5, 0.6) is 0 Å². The lowest BCUT2D eigenvalue weighted by Gasteiger charge is -2.46. The molecule has 1 aliphatic carbocycles. The normalized spacial score (nSPS) is 19.7. The lowest BCUT2D eigenvalue weighted by Crippen LogP contribution is -2.59. The van der Waals surface area contributed by atoms with Crippen LogP contribution in [0.2, 0.25) is 5.02 Å². The van der Waals surface area contributed by atoms with Gasteiger partial charge in [0.05, 0.1) is 16.2 Å². The van der Waals surface area contributed by atoms with Crippen molar-refractivity contribution in [1.29, 1.82) is 0 Å². The van der Waals surface area contributed by atoms with Crippen LogP contribution in [0.25, 0.3) is 11.4 Å². The summed E-state index contributed by atoms with van der Waals surface area (Å²) in [6, 6.07) is 17.3. The maximum atomic E-state index is 13.4. The summed E-state index contributed by atoms with van der Waals surface area (Å²) in [5.41, 5.74) is 4.94. The molecule has 154 valence electrons. The minimum Gasteiger partial charge on any atom is -0.324 e. The summed E-state index contributed by atoms with van der Waals surface area (Å²) in [4.78, 5) is 13.4. The van der Waals surface area contributed by atoms with E-state index in [-0.39, 0.29) is 16.7 Å². The monoisotopic (exact) mass is 439 g/mol. The number of carbonyl (C=O) groups is 1. The van der Waals surface area contributed by atoms with Crippen molar-refractivity contribution in [2.24, 2.45) is 0 Å². The first kappa shape index (κ1) is 19.5. The lowest BCUT2D eigenvalue weighted by molar-refractivity contribution is -0.117. The van der Waals surface area contributed by atoms with E-state index < -0.39 is 0 Å². The Morgan fingerprint density at radius 1 is 1.07 bits per heavy atom. The van der Waals surface area contributed by atoms with Crippen LogP contribution in [0.1, 0.15) is 32.1 Å². The Morgan fingerprint density at radius 3 is 2.57 bits per heavy atom. The van der Waals surface area contributed by atoms with E-state index >= 15 is 0 Å². The highest BCUT2D eigenvalue weighted by atomic mass is 35.5. The molecule has 0 bridgehead atoms. The zero-order chi connectivity index (χ0) is 20.6. The number of halogens is 1. The largest absolute Gasteiger partial charge is 0.324 e. The number of hydrogen-bond acceptors (Lipinski definition) is 5. The molecule has 2 heterocycles. The van der Waals surface area contributed by atoms with Gasteiger partial charge in [-0.15, -0.1) is 10.2 Å². The van der Waals surface area contributed by atoms with Gasteiger partial charge in [-0.3, -0.25) is 4.79 Å². The third-order valence-electron chi connectivity index (χ3n) is 5.84. The molecule has 1 unspecified atom stereocenters. The summed E-state index contributed by atoms with van der Waals surface area (Å²) < 4.78 is 1.96. The second-order valence-corrected chi connectivity index (χ2v) is 9.28. The van der Waals surface area contributed by atoms with Crippen molar-refractivity contribution in [3.05, 3.63) is 59.6 Å². The van der Waals surface area contributed by atoms with Crippen molar-refractivity contribution in [2.45, 2.75) is 48.0 Å². The molecule has 0 saturated heterocycles. The van der Waals surface area contributed by atoms with Gasteiger partial charge in [-0.05, 0) is 25.0 Å². The van der Waals surface area contributed by atoms with Crippen LogP contribution < -0.4 is 10.7 Å². The summed E-state index contributed by atoms with van der Waals surface area (Å²) in [5.74, 6) is 0.714. The zero-order valence-electron chi connectivity index (χ0n) is 16.3. The second-order valence-electron chi connectivity index (χ2n) is 7.80. The molecule has 0 radical (unpaired) electrons. The average Bonchev–Trinajstić information content (AvgIpc) is 3.18. The molecule has 1 spiro atoms. The summed E-state index contributed by atoms with van der Waals surface area (Å²) in [6.07, 6.45) is 5.20. The first-order valence-corrected chi connectivity index (χ1v) is 11.4. The molecule has 2 aromatic carbocycles. The van der Waals surface area contributed by atoms with Gasteiger partial charge in [-0.25, -0.2) is 4.68 Å². The SMILES string of the molecule is O=C(Nc1ccccc1Cl)C1Sc2nnc(-c3ccccc3)n2NC12CCCCC2. The topological polar surface area (TPSA) is 71.8 Å². The van der Waals surface area contributed by atoms with Crippen LogP contribution >= 0.6 is 23.4 Å². The summed E-state index contributed by atoms with van der Waals surface area (Å²) in [6.45, 7) is 0. The molecule has 5 rings (SSSR count). The van der Waals surface area contributed by atoms with Crippen LogP contribution in [-0.4, -0.2) is 31.6 Å². The Hall–Kier alpha value is -2.51. The molecule has 3 aromatic rings. The van der Waals surface area contributed by atoms with E-state index in [1.54, 1.807) is 6.07 Å². The van der Waals surface area contributed by atoms with E-state index in [9.17, 15) is 4.79 Å². The smallest absolute Gasteiger partial charge is 0.240 e. The standard InChI is InChI=1S/C22H22ClN5OS/c23-16-11-5-6-12-17(16)24-20(29)18-22(13-7-2-8-14-22)27-28-19(25-26-21(28)30-18)15-9-3-1-4-10-15/h1,3-6,9-12,18,27H,2,7-8,13-14H2,(H,24,29). The molecule has 8 heteroatoms. The number of amides is 1. The number of benzene rings is 2. The van der Waals surface area contributed by atoms with E-state index in [1.165, 1.54) is 18.2 Å². The minimum atomic E-state index is -0.354.